The number of aromatic nitrogens is 2. The van der Waals surface area contributed by atoms with E-state index in [4.69, 9.17) is 4.74 Å². The van der Waals surface area contributed by atoms with Gasteiger partial charge in [0.05, 0.1) is 10.4 Å². The molecule has 182 valence electrons. The van der Waals surface area contributed by atoms with Gasteiger partial charge in [0, 0.05) is 16.5 Å². The minimum atomic E-state index is -3.95. The van der Waals surface area contributed by atoms with Crippen LogP contribution in [0, 0.1) is 0 Å². The number of rotatable bonds is 5. The number of aromatic amines is 1. The molecule has 0 aliphatic carbocycles. The van der Waals surface area contributed by atoms with Crippen LogP contribution in [0.15, 0.2) is 70.6 Å². The maximum atomic E-state index is 13.6. The van der Waals surface area contributed by atoms with Crippen LogP contribution in [0.2, 0.25) is 0 Å². The number of nitrogens with one attached hydrogen (secondary N) is 3. The summed E-state index contributed by atoms with van der Waals surface area (Å²) in [6.07, 6.45) is -0.714. The molecule has 0 fully saturated rings. The Bertz CT molecular complexity index is 1530. The summed E-state index contributed by atoms with van der Waals surface area (Å²) in [6, 6.07) is 16.2. The molecule has 35 heavy (non-hydrogen) atoms. The monoisotopic (exact) mass is 494 g/mol. The van der Waals surface area contributed by atoms with Crippen LogP contribution in [0.25, 0.3) is 21.7 Å². The molecule has 3 aromatic carbocycles. The summed E-state index contributed by atoms with van der Waals surface area (Å²) in [5.41, 5.74) is 0.0938. The Balaban J connectivity index is 1.62. The van der Waals surface area contributed by atoms with Crippen LogP contribution in [-0.4, -0.2) is 42.3 Å². The molecule has 1 atom stereocenters. The van der Waals surface area contributed by atoms with Gasteiger partial charge in [-0.1, -0.05) is 36.4 Å². The smallest absolute Gasteiger partial charge is 0.408 e. The van der Waals surface area contributed by atoms with Gasteiger partial charge in [-0.15, -0.1) is 0 Å². The number of nitrogens with zero attached hydrogens (tertiary/aromatic N) is 1. The molecule has 0 aliphatic rings. The van der Waals surface area contributed by atoms with Gasteiger partial charge in [-0.3, -0.25) is 9.89 Å². The molecule has 1 heterocycles. The van der Waals surface area contributed by atoms with Crippen molar-refractivity contribution in [2.45, 2.75) is 49.3 Å². The number of hydrogen-bond donors (Lipinski definition) is 3. The molecule has 3 N–H and O–H groups in total. The molecule has 10 heteroatoms. The van der Waals surface area contributed by atoms with Crippen molar-refractivity contribution in [1.29, 1.82) is 0 Å². The summed E-state index contributed by atoms with van der Waals surface area (Å²) < 4.78 is 32.3. The van der Waals surface area contributed by atoms with Gasteiger partial charge >= 0.3 is 6.09 Å². The van der Waals surface area contributed by atoms with E-state index in [0.29, 0.717) is 22.0 Å². The van der Waals surface area contributed by atoms with Crippen molar-refractivity contribution in [3.8, 4) is 0 Å². The second-order valence-corrected chi connectivity index (χ2v) is 11.0. The minimum Gasteiger partial charge on any atom is -0.444 e. The third kappa shape index (κ3) is 5.12. The fourth-order valence-electron chi connectivity index (χ4n) is 3.61. The Morgan fingerprint density at radius 2 is 1.71 bits per heavy atom. The fourth-order valence-corrected chi connectivity index (χ4v) is 5.18. The van der Waals surface area contributed by atoms with Crippen molar-refractivity contribution in [3.63, 3.8) is 0 Å². The van der Waals surface area contributed by atoms with E-state index in [1.165, 1.54) is 13.0 Å². The topological polar surface area (TPSA) is 130 Å². The van der Waals surface area contributed by atoms with Crippen LogP contribution in [0.1, 0.15) is 27.7 Å². The van der Waals surface area contributed by atoms with Gasteiger partial charge in [-0.25, -0.2) is 13.2 Å². The first kappa shape index (κ1) is 24.2. The van der Waals surface area contributed by atoms with E-state index in [1.807, 2.05) is 18.2 Å². The van der Waals surface area contributed by atoms with Gasteiger partial charge in [0.2, 0.25) is 15.7 Å². The summed E-state index contributed by atoms with van der Waals surface area (Å²) in [6.45, 7) is 6.69. The van der Waals surface area contributed by atoms with E-state index in [0.717, 1.165) is 5.39 Å². The van der Waals surface area contributed by atoms with Crippen molar-refractivity contribution in [2.24, 2.45) is 0 Å². The maximum absolute atomic E-state index is 13.6. The van der Waals surface area contributed by atoms with Crippen LogP contribution in [0.4, 0.5) is 10.5 Å². The van der Waals surface area contributed by atoms with Gasteiger partial charge in [0.25, 0.3) is 0 Å². The van der Waals surface area contributed by atoms with Crippen molar-refractivity contribution < 1.29 is 22.7 Å². The molecule has 0 radical (unpaired) electrons. The summed E-state index contributed by atoms with van der Waals surface area (Å²) in [7, 11) is -3.95. The van der Waals surface area contributed by atoms with Crippen molar-refractivity contribution in [3.05, 3.63) is 60.7 Å². The Labute approximate surface area is 202 Å². The lowest BCUT2D eigenvalue weighted by atomic mass is 10.1. The number of hydrogen-bond acceptors (Lipinski definition) is 6. The summed E-state index contributed by atoms with van der Waals surface area (Å²) >= 11 is 0. The zero-order valence-electron chi connectivity index (χ0n) is 19.7. The predicted octanol–water partition coefficient (Wildman–Crippen LogP) is 4.40. The fraction of sp³-hybridized carbons (Fsp3) is 0.240. The molecule has 2 amide bonds. The van der Waals surface area contributed by atoms with Crippen LogP contribution >= 0.6 is 0 Å². The number of amides is 2. The molecular weight excluding hydrogens is 468 g/mol. The molecule has 0 saturated heterocycles. The van der Waals surface area contributed by atoms with Crippen LogP contribution < -0.4 is 10.6 Å². The largest absolute Gasteiger partial charge is 0.444 e. The van der Waals surface area contributed by atoms with E-state index in [1.54, 1.807) is 57.2 Å². The number of ether oxygens (including phenoxy) is 1. The summed E-state index contributed by atoms with van der Waals surface area (Å²) in [4.78, 5) is 24.7. The number of benzene rings is 3. The first-order chi connectivity index (χ1) is 16.5. The molecule has 1 aromatic heterocycles. The van der Waals surface area contributed by atoms with E-state index in [9.17, 15) is 18.0 Å². The number of sulfone groups is 1. The Morgan fingerprint density at radius 1 is 1.00 bits per heavy atom. The molecule has 0 saturated carbocycles. The molecule has 4 rings (SSSR count). The third-order valence-corrected chi connectivity index (χ3v) is 7.00. The normalized spacial score (nSPS) is 12.9. The van der Waals surface area contributed by atoms with Crippen molar-refractivity contribution in [2.75, 3.05) is 5.32 Å². The highest BCUT2D eigenvalue weighted by Gasteiger charge is 2.26. The number of alkyl carbamates (subject to hydrolysis) is 1. The first-order valence-corrected chi connectivity index (χ1v) is 12.5. The molecule has 0 aliphatic heterocycles. The Kier molecular flexibility index (Phi) is 6.25. The first-order valence-electron chi connectivity index (χ1n) is 11.0. The van der Waals surface area contributed by atoms with Gasteiger partial charge < -0.3 is 15.4 Å². The highest BCUT2D eigenvalue weighted by molar-refractivity contribution is 7.91. The van der Waals surface area contributed by atoms with Crippen LogP contribution in [0.3, 0.4) is 0 Å². The number of H-pyrrole nitrogens is 1. The maximum Gasteiger partial charge on any atom is 0.408 e. The lowest BCUT2D eigenvalue weighted by molar-refractivity contribution is -0.117. The predicted molar refractivity (Wildman–Crippen MR) is 133 cm³/mol. The Hall–Kier alpha value is -3.92. The number of carbonyl (C=O) groups is 2. The minimum absolute atomic E-state index is 0.0696. The van der Waals surface area contributed by atoms with Crippen molar-refractivity contribution in [1.82, 2.24) is 15.5 Å². The van der Waals surface area contributed by atoms with Gasteiger partial charge in [0.1, 0.15) is 11.6 Å². The molecule has 4 aromatic rings. The van der Waals surface area contributed by atoms with Gasteiger partial charge in [-0.05, 0) is 57.3 Å². The van der Waals surface area contributed by atoms with E-state index in [2.05, 4.69) is 20.8 Å². The SMILES string of the molecule is CC(NC(=O)OC(C)(C)C)C(=O)Nc1ccc2n[nH]c(S(=O)(=O)c3cccc4ccccc34)c2c1. The molecule has 9 nitrogen and oxygen atoms in total. The van der Waals surface area contributed by atoms with Crippen LogP contribution in [-0.2, 0) is 19.4 Å². The third-order valence-electron chi connectivity index (χ3n) is 5.22. The second kappa shape index (κ2) is 9.03. The van der Waals surface area contributed by atoms with E-state index in [-0.39, 0.29) is 9.92 Å². The Morgan fingerprint density at radius 3 is 2.46 bits per heavy atom. The van der Waals surface area contributed by atoms with E-state index >= 15 is 0 Å². The van der Waals surface area contributed by atoms with Crippen LogP contribution in [0.5, 0.6) is 0 Å². The highest BCUT2D eigenvalue weighted by atomic mass is 32.2. The van der Waals surface area contributed by atoms with Gasteiger partial charge in [0.15, 0.2) is 5.03 Å². The quantitative estimate of drug-likeness (QED) is 0.377. The highest BCUT2D eigenvalue weighted by Crippen LogP contribution is 2.32. The average Bonchev–Trinajstić information content (AvgIpc) is 3.21. The second-order valence-electron chi connectivity index (χ2n) is 9.12. The molecule has 0 bridgehead atoms. The molecule has 0 spiro atoms. The number of anilines is 1. The number of fused-ring (bicyclic) bond motifs is 2. The lowest BCUT2D eigenvalue weighted by Gasteiger charge is -2.21. The molecular formula is C25H26N4O5S. The van der Waals surface area contributed by atoms with E-state index < -0.39 is 33.5 Å². The molecule has 1 unspecified atom stereocenters. The summed E-state index contributed by atoms with van der Waals surface area (Å²) in [5.74, 6) is -0.489. The zero-order valence-corrected chi connectivity index (χ0v) is 20.6. The van der Waals surface area contributed by atoms with Gasteiger partial charge in [-0.2, -0.15) is 5.10 Å². The zero-order chi connectivity index (χ0) is 25.4. The summed E-state index contributed by atoms with van der Waals surface area (Å²) in [5, 5.41) is 13.6. The average molecular weight is 495 g/mol. The lowest BCUT2D eigenvalue weighted by Crippen LogP contribution is -2.43. The van der Waals surface area contributed by atoms with Crippen molar-refractivity contribution >= 4 is 49.2 Å². The standard InChI is InChI=1S/C25H26N4O5S/c1-15(26-24(31)34-25(2,3)4)22(30)27-17-12-13-20-19(14-17)23(29-28-20)35(32,33)21-11-7-9-16-8-5-6-10-18(16)21/h5-15H,1-4H3,(H,26,31)(H,27,30)(H,28,29). The number of carbonyl (C=O) groups excluding carboxylic acids is 2.